The van der Waals surface area contributed by atoms with Gasteiger partial charge in [0.1, 0.15) is 17.3 Å². The minimum absolute atomic E-state index is 0. The third-order valence-corrected chi connectivity index (χ3v) is 3.16. The molecule has 0 spiro atoms. The van der Waals surface area contributed by atoms with Crippen LogP contribution in [0.2, 0.25) is 5.02 Å². The van der Waals surface area contributed by atoms with Crippen molar-refractivity contribution in [3.8, 4) is 17.1 Å². The molecule has 0 radical (unpaired) electrons. The van der Waals surface area contributed by atoms with E-state index < -0.39 is 0 Å². The molecule has 0 saturated carbocycles. The van der Waals surface area contributed by atoms with Crippen molar-refractivity contribution in [2.45, 2.75) is 12.5 Å². The number of aliphatic hydroxyl groups is 1. The summed E-state index contributed by atoms with van der Waals surface area (Å²) in [6.07, 6.45) is 0.469. The molecule has 0 aliphatic heterocycles. The van der Waals surface area contributed by atoms with Crippen LogP contribution >= 0.6 is 24.0 Å². The van der Waals surface area contributed by atoms with E-state index in [4.69, 9.17) is 31.6 Å². The van der Waals surface area contributed by atoms with Gasteiger partial charge >= 0.3 is 0 Å². The number of hydrogen-bond donors (Lipinski definition) is 2. The molecule has 1 aromatic carbocycles. The summed E-state index contributed by atoms with van der Waals surface area (Å²) in [5, 5.41) is 9.39. The lowest BCUT2D eigenvalue weighted by molar-refractivity contribution is 0.269. The number of rotatable bonds is 5. The van der Waals surface area contributed by atoms with Gasteiger partial charge in [-0.2, -0.15) is 0 Å². The number of methoxy groups -OCH3 is 1. The lowest BCUT2D eigenvalue weighted by Gasteiger charge is -2.06. The summed E-state index contributed by atoms with van der Waals surface area (Å²) in [5.41, 5.74) is 6.73. The van der Waals surface area contributed by atoms with Crippen molar-refractivity contribution >= 4 is 24.0 Å². The Morgan fingerprint density at radius 1 is 1.35 bits per heavy atom. The zero-order valence-corrected chi connectivity index (χ0v) is 12.6. The molecule has 4 nitrogen and oxygen atoms in total. The number of aliphatic hydroxyl groups excluding tert-OH is 1. The summed E-state index contributed by atoms with van der Waals surface area (Å²) in [7, 11) is 1.57. The second-order valence-electron chi connectivity index (χ2n) is 4.17. The number of hydrogen-bond acceptors (Lipinski definition) is 4. The molecule has 1 heterocycles. The molecule has 0 fully saturated rings. The van der Waals surface area contributed by atoms with Crippen molar-refractivity contribution < 1.29 is 14.3 Å². The first-order chi connectivity index (χ1) is 9.15. The summed E-state index contributed by atoms with van der Waals surface area (Å²) in [6, 6.07) is 8.78. The van der Waals surface area contributed by atoms with E-state index in [-0.39, 0.29) is 25.1 Å². The minimum atomic E-state index is -0.299. The van der Waals surface area contributed by atoms with Crippen LogP contribution in [0, 0.1) is 0 Å². The van der Waals surface area contributed by atoms with Gasteiger partial charge in [0.15, 0.2) is 0 Å². The lowest BCUT2D eigenvalue weighted by Crippen LogP contribution is -2.10. The molecular formula is C14H17Cl2NO3. The fourth-order valence-electron chi connectivity index (χ4n) is 1.81. The van der Waals surface area contributed by atoms with Gasteiger partial charge in [0.05, 0.1) is 18.2 Å². The van der Waals surface area contributed by atoms with Crippen molar-refractivity contribution in [1.29, 1.82) is 0 Å². The number of nitrogens with two attached hydrogens (primary N) is 1. The predicted molar refractivity (Wildman–Crippen MR) is 81.6 cm³/mol. The summed E-state index contributed by atoms with van der Waals surface area (Å²) >= 11 is 6.07. The van der Waals surface area contributed by atoms with Gasteiger partial charge in [-0.25, -0.2) is 0 Å². The maximum absolute atomic E-state index is 8.86. The highest BCUT2D eigenvalue weighted by molar-refractivity contribution is 6.32. The Bertz CT molecular complexity index is 557. The molecule has 6 heteroatoms. The maximum atomic E-state index is 8.86. The molecule has 0 amide bonds. The molecule has 0 aliphatic rings. The molecule has 0 aliphatic carbocycles. The molecule has 1 unspecified atom stereocenters. The Kier molecular flexibility index (Phi) is 6.36. The largest absolute Gasteiger partial charge is 0.495 e. The molecule has 0 bridgehead atoms. The van der Waals surface area contributed by atoms with Crippen LogP contribution < -0.4 is 10.5 Å². The lowest BCUT2D eigenvalue weighted by atomic mass is 10.1. The highest BCUT2D eigenvalue weighted by Crippen LogP contribution is 2.32. The summed E-state index contributed by atoms with van der Waals surface area (Å²) in [5.74, 6) is 1.96. The van der Waals surface area contributed by atoms with Gasteiger partial charge in [0.25, 0.3) is 0 Å². The van der Waals surface area contributed by atoms with Crippen LogP contribution in [0.4, 0.5) is 0 Å². The first kappa shape index (κ1) is 16.9. The molecule has 2 aromatic rings. The van der Waals surface area contributed by atoms with E-state index in [1.54, 1.807) is 19.2 Å². The van der Waals surface area contributed by atoms with Gasteiger partial charge in [-0.05, 0) is 36.8 Å². The van der Waals surface area contributed by atoms with Gasteiger partial charge in [-0.1, -0.05) is 11.6 Å². The predicted octanol–water partition coefficient (Wildman–Crippen LogP) is 3.41. The van der Waals surface area contributed by atoms with Crippen molar-refractivity contribution in [2.24, 2.45) is 5.73 Å². The summed E-state index contributed by atoms with van der Waals surface area (Å²) < 4.78 is 10.8. The molecule has 110 valence electrons. The topological polar surface area (TPSA) is 68.6 Å². The van der Waals surface area contributed by atoms with E-state index >= 15 is 0 Å². The fraction of sp³-hybridized carbons (Fsp3) is 0.286. The zero-order valence-electron chi connectivity index (χ0n) is 11.0. The van der Waals surface area contributed by atoms with Crippen LogP contribution in [0.25, 0.3) is 11.3 Å². The van der Waals surface area contributed by atoms with Crippen molar-refractivity contribution in [2.75, 3.05) is 13.7 Å². The molecule has 1 aromatic heterocycles. The second kappa shape index (κ2) is 7.55. The SMILES string of the molecule is COc1ccc(-c2ccc(C(N)CCO)o2)cc1Cl.Cl. The van der Waals surface area contributed by atoms with E-state index in [0.717, 1.165) is 5.56 Å². The highest BCUT2D eigenvalue weighted by Gasteiger charge is 2.12. The molecular weight excluding hydrogens is 301 g/mol. The number of furan rings is 1. The van der Waals surface area contributed by atoms with Gasteiger partial charge in [0, 0.05) is 12.2 Å². The molecule has 2 rings (SSSR count). The molecule has 0 saturated heterocycles. The maximum Gasteiger partial charge on any atom is 0.137 e. The zero-order chi connectivity index (χ0) is 13.8. The van der Waals surface area contributed by atoms with Crippen molar-refractivity contribution in [3.63, 3.8) is 0 Å². The van der Waals surface area contributed by atoms with Crippen LogP contribution in [0.1, 0.15) is 18.2 Å². The van der Waals surface area contributed by atoms with Crippen LogP contribution in [-0.4, -0.2) is 18.8 Å². The third-order valence-electron chi connectivity index (χ3n) is 2.87. The number of halogens is 2. The van der Waals surface area contributed by atoms with E-state index in [1.165, 1.54) is 0 Å². The monoisotopic (exact) mass is 317 g/mol. The van der Waals surface area contributed by atoms with Crippen LogP contribution in [-0.2, 0) is 0 Å². The Morgan fingerprint density at radius 3 is 2.70 bits per heavy atom. The van der Waals surface area contributed by atoms with Crippen molar-refractivity contribution in [3.05, 3.63) is 41.1 Å². The fourth-order valence-corrected chi connectivity index (χ4v) is 2.07. The van der Waals surface area contributed by atoms with Crippen LogP contribution in [0.5, 0.6) is 5.75 Å². The van der Waals surface area contributed by atoms with Gasteiger partial charge in [-0.15, -0.1) is 12.4 Å². The Labute approximate surface area is 128 Å². The normalized spacial score (nSPS) is 11.8. The quantitative estimate of drug-likeness (QED) is 0.886. The van der Waals surface area contributed by atoms with E-state index in [9.17, 15) is 0 Å². The smallest absolute Gasteiger partial charge is 0.137 e. The van der Waals surface area contributed by atoms with Crippen LogP contribution in [0.15, 0.2) is 34.7 Å². The number of ether oxygens (including phenoxy) is 1. The Balaban J connectivity index is 0.00000200. The van der Waals surface area contributed by atoms with Gasteiger partial charge in [-0.3, -0.25) is 0 Å². The van der Waals surface area contributed by atoms with E-state index in [1.807, 2.05) is 18.2 Å². The average molecular weight is 318 g/mol. The number of benzene rings is 1. The standard InChI is InChI=1S/C14H16ClNO3.ClH/c1-18-13-3-2-9(8-10(13)15)12-4-5-14(19-12)11(16)6-7-17;/h2-5,8,11,17H,6-7,16H2,1H3;1H. The Morgan fingerprint density at radius 2 is 2.10 bits per heavy atom. The minimum Gasteiger partial charge on any atom is -0.495 e. The second-order valence-corrected chi connectivity index (χ2v) is 4.58. The first-order valence-electron chi connectivity index (χ1n) is 5.95. The van der Waals surface area contributed by atoms with Gasteiger partial charge in [0.2, 0.25) is 0 Å². The summed E-state index contributed by atoms with van der Waals surface area (Å²) in [6.45, 7) is 0.0333. The molecule has 3 N–H and O–H groups in total. The highest BCUT2D eigenvalue weighted by atomic mass is 35.5. The third kappa shape index (κ3) is 3.67. The first-order valence-corrected chi connectivity index (χ1v) is 6.33. The average Bonchev–Trinajstić information content (AvgIpc) is 2.88. The van der Waals surface area contributed by atoms with Crippen LogP contribution in [0.3, 0.4) is 0 Å². The Hall–Kier alpha value is -1.20. The van der Waals surface area contributed by atoms with Gasteiger partial charge < -0.3 is 20.0 Å². The summed E-state index contributed by atoms with van der Waals surface area (Å²) in [4.78, 5) is 0. The molecule has 20 heavy (non-hydrogen) atoms. The molecule has 1 atom stereocenters. The van der Waals surface area contributed by atoms with E-state index in [0.29, 0.717) is 28.7 Å². The van der Waals surface area contributed by atoms with E-state index in [2.05, 4.69) is 0 Å². The van der Waals surface area contributed by atoms with Crippen molar-refractivity contribution in [1.82, 2.24) is 0 Å².